The molecule has 8 heteroatoms. The number of nitrogens with one attached hydrogen (secondary N) is 1. The number of hydrogen-bond donors (Lipinski definition) is 1. The van der Waals surface area contributed by atoms with Gasteiger partial charge in [0.1, 0.15) is 0 Å². The molecule has 1 N–H and O–H groups in total. The van der Waals surface area contributed by atoms with Gasteiger partial charge in [-0.3, -0.25) is 19.8 Å². The number of rotatable bonds is 2. The maximum Gasteiger partial charge on any atom is 0.324 e. The average molecular weight is 253 g/mol. The van der Waals surface area contributed by atoms with Crippen LogP contribution in [0.4, 0.5) is 14.9 Å². The van der Waals surface area contributed by atoms with Crippen LogP contribution >= 0.6 is 0 Å². The number of hydrogen-bond acceptors (Lipinski definition) is 4. The second kappa shape index (κ2) is 4.40. The van der Waals surface area contributed by atoms with Gasteiger partial charge in [0.15, 0.2) is 0 Å². The van der Waals surface area contributed by atoms with Crippen molar-refractivity contribution in [3.05, 3.63) is 39.7 Å². The predicted molar refractivity (Wildman–Crippen MR) is 57.5 cm³/mol. The molecule has 0 aliphatic carbocycles. The molecule has 3 amide bonds. The van der Waals surface area contributed by atoms with E-state index in [9.17, 15) is 24.1 Å². The number of urea groups is 1. The van der Waals surface area contributed by atoms with E-state index in [1.165, 1.54) is 0 Å². The lowest BCUT2D eigenvalue weighted by Gasteiger charge is -2.11. The molecule has 1 saturated heterocycles. The van der Waals surface area contributed by atoms with Gasteiger partial charge in [-0.05, 0) is 12.1 Å². The highest BCUT2D eigenvalue weighted by atomic mass is 19.1. The first-order valence-electron chi connectivity index (χ1n) is 5.04. The lowest BCUT2D eigenvalue weighted by atomic mass is 10.1. The smallest absolute Gasteiger partial charge is 0.324 e. The molecule has 1 fully saturated rings. The van der Waals surface area contributed by atoms with Gasteiger partial charge in [0.25, 0.3) is 5.91 Å². The van der Waals surface area contributed by atoms with Crippen LogP contribution < -0.4 is 5.32 Å². The molecule has 7 nitrogen and oxygen atoms in total. The lowest BCUT2D eigenvalue weighted by molar-refractivity contribution is -0.387. The van der Waals surface area contributed by atoms with Crippen molar-refractivity contribution in [2.24, 2.45) is 0 Å². The largest absolute Gasteiger partial charge is 0.336 e. The molecule has 0 atom stereocenters. The van der Waals surface area contributed by atoms with Crippen molar-refractivity contribution in [3.63, 3.8) is 0 Å². The highest BCUT2D eigenvalue weighted by Gasteiger charge is 2.28. The van der Waals surface area contributed by atoms with E-state index in [4.69, 9.17) is 0 Å². The van der Waals surface area contributed by atoms with Crippen molar-refractivity contribution >= 4 is 17.6 Å². The monoisotopic (exact) mass is 253 g/mol. The Morgan fingerprint density at radius 2 is 2.22 bits per heavy atom. The summed E-state index contributed by atoms with van der Waals surface area (Å²) in [6.07, 6.45) is 0. The van der Waals surface area contributed by atoms with E-state index in [0.717, 1.165) is 23.1 Å². The van der Waals surface area contributed by atoms with Crippen LogP contribution in [0, 0.1) is 15.9 Å². The van der Waals surface area contributed by atoms with Crippen LogP contribution in [-0.2, 0) is 0 Å². The zero-order valence-corrected chi connectivity index (χ0v) is 9.05. The summed E-state index contributed by atoms with van der Waals surface area (Å²) in [5.41, 5.74) is -0.888. The van der Waals surface area contributed by atoms with E-state index >= 15 is 0 Å². The molecule has 2 rings (SSSR count). The van der Waals surface area contributed by atoms with Crippen molar-refractivity contribution in [2.45, 2.75) is 0 Å². The van der Waals surface area contributed by atoms with Gasteiger partial charge < -0.3 is 5.32 Å². The summed E-state index contributed by atoms with van der Waals surface area (Å²) in [4.78, 5) is 33.7. The van der Waals surface area contributed by atoms with Crippen LogP contribution in [0.25, 0.3) is 0 Å². The van der Waals surface area contributed by atoms with Gasteiger partial charge in [-0.2, -0.15) is 4.39 Å². The minimum Gasteiger partial charge on any atom is -0.336 e. The number of nitro groups is 1. The maximum atomic E-state index is 13.1. The van der Waals surface area contributed by atoms with Crippen LogP contribution in [0.2, 0.25) is 0 Å². The van der Waals surface area contributed by atoms with E-state index in [0.29, 0.717) is 6.54 Å². The zero-order valence-electron chi connectivity index (χ0n) is 9.05. The molecule has 1 aliphatic heterocycles. The molecule has 1 aliphatic rings. The molecule has 0 unspecified atom stereocenters. The molecule has 0 spiro atoms. The van der Waals surface area contributed by atoms with Crippen molar-refractivity contribution in [1.82, 2.24) is 10.2 Å². The number of carbonyl (C=O) groups is 2. The van der Waals surface area contributed by atoms with Gasteiger partial charge in [0.05, 0.1) is 4.92 Å². The number of carbonyl (C=O) groups excluding carboxylic acids is 2. The third-order valence-electron chi connectivity index (χ3n) is 2.49. The van der Waals surface area contributed by atoms with Crippen LogP contribution in [0.15, 0.2) is 18.2 Å². The fraction of sp³-hybridized carbons (Fsp3) is 0.200. The quantitative estimate of drug-likeness (QED) is 0.626. The van der Waals surface area contributed by atoms with Crippen LogP contribution in [0.1, 0.15) is 10.4 Å². The Bertz CT molecular complexity index is 546. The van der Waals surface area contributed by atoms with Gasteiger partial charge in [0.2, 0.25) is 5.82 Å². The van der Waals surface area contributed by atoms with Gasteiger partial charge in [-0.25, -0.2) is 4.79 Å². The highest BCUT2D eigenvalue weighted by molar-refractivity contribution is 6.05. The standard InChI is InChI=1S/C10H8FN3O4/c11-7-2-1-6(5-8(7)14(17)18)9(15)13-4-3-12-10(13)16/h1-2,5H,3-4H2,(H,12,16). The Morgan fingerprint density at radius 3 is 2.78 bits per heavy atom. The van der Waals surface area contributed by atoms with Gasteiger partial charge in [-0.15, -0.1) is 0 Å². The van der Waals surface area contributed by atoms with Crippen molar-refractivity contribution in [1.29, 1.82) is 0 Å². The van der Waals surface area contributed by atoms with E-state index < -0.39 is 28.4 Å². The fourth-order valence-electron chi connectivity index (χ4n) is 1.61. The van der Waals surface area contributed by atoms with Crippen LogP contribution in [0.5, 0.6) is 0 Å². The van der Waals surface area contributed by atoms with E-state index in [-0.39, 0.29) is 12.1 Å². The first kappa shape index (κ1) is 12.0. The average Bonchev–Trinajstić information content (AvgIpc) is 2.75. The molecular formula is C10H8FN3O4. The maximum absolute atomic E-state index is 13.1. The minimum absolute atomic E-state index is 0.0971. The number of amides is 3. The number of imide groups is 1. The minimum atomic E-state index is -1.03. The summed E-state index contributed by atoms with van der Waals surface area (Å²) < 4.78 is 13.1. The summed E-state index contributed by atoms with van der Waals surface area (Å²) in [5, 5.41) is 13.0. The molecule has 1 aromatic carbocycles. The number of nitrogens with zero attached hydrogens (tertiary/aromatic N) is 2. The Labute approximate surface area is 100 Å². The Balaban J connectivity index is 2.34. The third-order valence-corrected chi connectivity index (χ3v) is 2.49. The van der Waals surface area contributed by atoms with Crippen LogP contribution in [0.3, 0.4) is 0 Å². The second-order valence-corrected chi connectivity index (χ2v) is 3.61. The highest BCUT2D eigenvalue weighted by Crippen LogP contribution is 2.20. The van der Waals surface area contributed by atoms with E-state index in [2.05, 4.69) is 5.32 Å². The van der Waals surface area contributed by atoms with Crippen LogP contribution in [-0.4, -0.2) is 34.9 Å². The Hall–Kier alpha value is -2.51. The SMILES string of the molecule is O=C1NCCN1C(=O)c1ccc(F)c([N+](=O)[O-])c1. The van der Waals surface area contributed by atoms with Gasteiger partial charge in [-0.1, -0.05) is 0 Å². The number of benzene rings is 1. The van der Waals surface area contributed by atoms with E-state index in [1.54, 1.807) is 0 Å². The van der Waals surface area contributed by atoms with Gasteiger partial charge in [0, 0.05) is 24.7 Å². The number of halogens is 1. The van der Waals surface area contributed by atoms with Gasteiger partial charge >= 0.3 is 11.7 Å². The Morgan fingerprint density at radius 1 is 1.50 bits per heavy atom. The van der Waals surface area contributed by atoms with Crippen molar-refractivity contribution in [3.8, 4) is 0 Å². The zero-order chi connectivity index (χ0) is 13.3. The van der Waals surface area contributed by atoms with Crippen molar-refractivity contribution < 1.29 is 18.9 Å². The molecule has 94 valence electrons. The predicted octanol–water partition coefficient (Wildman–Crippen LogP) is 0.899. The number of nitro benzene ring substituents is 1. The molecule has 0 bridgehead atoms. The molecule has 0 aromatic heterocycles. The molecule has 0 radical (unpaired) electrons. The summed E-state index contributed by atoms with van der Waals surface area (Å²) >= 11 is 0. The summed E-state index contributed by atoms with van der Waals surface area (Å²) in [5.74, 6) is -1.71. The topological polar surface area (TPSA) is 92.6 Å². The first-order valence-corrected chi connectivity index (χ1v) is 5.04. The summed E-state index contributed by atoms with van der Waals surface area (Å²) in [6.45, 7) is 0.511. The molecule has 0 saturated carbocycles. The second-order valence-electron chi connectivity index (χ2n) is 3.61. The lowest BCUT2D eigenvalue weighted by Crippen LogP contribution is -2.34. The first-order chi connectivity index (χ1) is 8.50. The molecular weight excluding hydrogens is 245 g/mol. The summed E-state index contributed by atoms with van der Waals surface area (Å²) in [6, 6.07) is 2.20. The Kier molecular flexibility index (Phi) is 2.92. The molecule has 18 heavy (non-hydrogen) atoms. The molecule has 1 aromatic rings. The molecule has 1 heterocycles. The van der Waals surface area contributed by atoms with E-state index in [1.807, 2.05) is 0 Å². The third kappa shape index (κ3) is 1.99. The fourth-order valence-corrected chi connectivity index (χ4v) is 1.61. The van der Waals surface area contributed by atoms with Crippen molar-refractivity contribution in [2.75, 3.05) is 13.1 Å². The normalized spacial score (nSPS) is 14.5. The summed E-state index contributed by atoms with van der Waals surface area (Å²) in [7, 11) is 0.